The van der Waals surface area contributed by atoms with Crippen molar-refractivity contribution in [3.8, 4) is 11.1 Å². The van der Waals surface area contributed by atoms with E-state index < -0.39 is 30.4 Å². The van der Waals surface area contributed by atoms with Gasteiger partial charge in [-0.15, -0.1) is 0 Å². The van der Waals surface area contributed by atoms with Crippen LogP contribution in [0.5, 0.6) is 0 Å². The normalized spacial score (nSPS) is 15.4. The van der Waals surface area contributed by atoms with Crippen molar-refractivity contribution >= 4 is 18.0 Å². The molecule has 32 heavy (non-hydrogen) atoms. The Morgan fingerprint density at radius 1 is 1.03 bits per heavy atom. The lowest BCUT2D eigenvalue weighted by molar-refractivity contribution is -0.143. The molecule has 0 radical (unpaired) electrons. The molecule has 1 saturated carbocycles. The summed E-state index contributed by atoms with van der Waals surface area (Å²) in [7, 11) is 0. The van der Waals surface area contributed by atoms with Gasteiger partial charge >= 0.3 is 12.1 Å². The average molecular weight is 438 g/mol. The Kier molecular flexibility index (Phi) is 6.41. The van der Waals surface area contributed by atoms with Gasteiger partial charge in [-0.25, -0.2) is 4.79 Å². The van der Waals surface area contributed by atoms with E-state index in [2.05, 4.69) is 5.32 Å². The van der Waals surface area contributed by atoms with E-state index in [-0.39, 0.29) is 31.7 Å². The molecule has 0 aliphatic heterocycles. The minimum absolute atomic E-state index is 0.0183. The van der Waals surface area contributed by atoms with Crippen LogP contribution in [0.1, 0.15) is 36.3 Å². The second kappa shape index (κ2) is 9.40. The molecule has 2 amide bonds. The Labute approximate surface area is 185 Å². The smallest absolute Gasteiger partial charge is 0.407 e. The maximum atomic E-state index is 12.9. The van der Waals surface area contributed by atoms with Crippen LogP contribution in [0.2, 0.25) is 0 Å². The largest absolute Gasteiger partial charge is 0.481 e. The first-order chi connectivity index (χ1) is 15.5. The van der Waals surface area contributed by atoms with E-state index in [1.54, 1.807) is 0 Å². The van der Waals surface area contributed by atoms with Gasteiger partial charge in [0.2, 0.25) is 5.91 Å². The maximum absolute atomic E-state index is 12.9. The van der Waals surface area contributed by atoms with Crippen molar-refractivity contribution < 1.29 is 29.3 Å². The Morgan fingerprint density at radius 3 is 2.16 bits per heavy atom. The third-order valence-electron chi connectivity index (χ3n) is 5.92. The lowest BCUT2D eigenvalue weighted by Gasteiger charge is -2.26. The predicted molar refractivity (Wildman–Crippen MR) is 116 cm³/mol. The van der Waals surface area contributed by atoms with Crippen LogP contribution in [0.25, 0.3) is 11.1 Å². The first kappa shape index (κ1) is 21.8. The first-order valence-electron chi connectivity index (χ1n) is 10.7. The second-order valence-corrected chi connectivity index (χ2v) is 8.11. The standard InChI is InChI=1S/C24H26N2O6/c27-12-11-26(15-9-10-15)23(30)21(13-22(28)29)25-24(31)32-14-20-18-7-3-1-5-16(18)17-6-2-4-8-19(17)20/h1-8,15,20-21,27H,9-14H2,(H,25,31)(H,28,29). The molecule has 2 aliphatic carbocycles. The number of alkyl carbamates (subject to hydrolysis) is 1. The van der Waals surface area contributed by atoms with Crippen LogP contribution in [0.4, 0.5) is 4.79 Å². The molecule has 1 unspecified atom stereocenters. The van der Waals surface area contributed by atoms with Gasteiger partial charge in [0.25, 0.3) is 0 Å². The van der Waals surface area contributed by atoms with E-state index >= 15 is 0 Å². The molecule has 2 aromatic rings. The number of carboxylic acid groups (broad SMARTS) is 1. The SMILES string of the molecule is O=C(O)CC(NC(=O)OCC1c2ccccc2-c2ccccc21)C(=O)N(CCO)C1CC1. The number of benzene rings is 2. The molecule has 4 rings (SSSR count). The summed E-state index contributed by atoms with van der Waals surface area (Å²) in [5.74, 6) is -1.86. The minimum Gasteiger partial charge on any atom is -0.481 e. The summed E-state index contributed by atoms with van der Waals surface area (Å²) in [6.07, 6.45) is 0.205. The summed E-state index contributed by atoms with van der Waals surface area (Å²) >= 11 is 0. The molecule has 0 saturated heterocycles. The van der Waals surface area contributed by atoms with E-state index in [4.69, 9.17) is 4.74 Å². The monoisotopic (exact) mass is 438 g/mol. The topological polar surface area (TPSA) is 116 Å². The molecule has 3 N–H and O–H groups in total. The van der Waals surface area contributed by atoms with Gasteiger partial charge in [-0.1, -0.05) is 48.5 Å². The number of aliphatic hydroxyl groups is 1. The fourth-order valence-corrected chi connectivity index (χ4v) is 4.32. The van der Waals surface area contributed by atoms with Gasteiger partial charge in [-0.05, 0) is 35.1 Å². The number of amides is 2. The van der Waals surface area contributed by atoms with Crippen molar-refractivity contribution in [3.05, 3.63) is 59.7 Å². The number of nitrogens with zero attached hydrogens (tertiary/aromatic N) is 1. The van der Waals surface area contributed by atoms with Gasteiger partial charge in [0.15, 0.2) is 0 Å². The number of fused-ring (bicyclic) bond motifs is 3. The number of carbonyl (C=O) groups is 3. The molecule has 168 valence electrons. The molecule has 1 fully saturated rings. The number of hydrogen-bond donors (Lipinski definition) is 3. The summed E-state index contributed by atoms with van der Waals surface area (Å²) in [6.45, 7) is -0.0597. The zero-order valence-corrected chi connectivity index (χ0v) is 17.6. The van der Waals surface area contributed by atoms with Crippen LogP contribution in [-0.2, 0) is 14.3 Å². The van der Waals surface area contributed by atoms with E-state index in [0.29, 0.717) is 0 Å². The maximum Gasteiger partial charge on any atom is 0.407 e. The molecule has 8 heteroatoms. The number of aliphatic carboxylic acids is 1. The second-order valence-electron chi connectivity index (χ2n) is 8.11. The number of nitrogens with one attached hydrogen (secondary N) is 1. The van der Waals surface area contributed by atoms with Crippen molar-refractivity contribution in [2.75, 3.05) is 19.8 Å². The fourth-order valence-electron chi connectivity index (χ4n) is 4.32. The molecule has 0 bridgehead atoms. The molecule has 0 aromatic heterocycles. The van der Waals surface area contributed by atoms with Gasteiger partial charge in [0, 0.05) is 18.5 Å². The molecule has 0 spiro atoms. The van der Waals surface area contributed by atoms with Gasteiger partial charge in [0.05, 0.1) is 13.0 Å². The van der Waals surface area contributed by atoms with E-state index in [0.717, 1.165) is 35.1 Å². The summed E-state index contributed by atoms with van der Waals surface area (Å²) < 4.78 is 5.45. The summed E-state index contributed by atoms with van der Waals surface area (Å²) in [6, 6.07) is 14.6. The van der Waals surface area contributed by atoms with Crippen LogP contribution >= 0.6 is 0 Å². The highest BCUT2D eigenvalue weighted by Gasteiger charge is 2.37. The molecule has 1 atom stereocenters. The van der Waals surface area contributed by atoms with E-state index in [1.165, 1.54) is 4.90 Å². The van der Waals surface area contributed by atoms with Crippen LogP contribution in [-0.4, -0.2) is 64.9 Å². The van der Waals surface area contributed by atoms with Crippen molar-refractivity contribution in [1.29, 1.82) is 0 Å². The summed E-state index contributed by atoms with van der Waals surface area (Å²) in [4.78, 5) is 38.1. The van der Waals surface area contributed by atoms with E-state index in [9.17, 15) is 24.6 Å². The van der Waals surface area contributed by atoms with Crippen LogP contribution in [0.15, 0.2) is 48.5 Å². The molecule has 0 heterocycles. The highest BCUT2D eigenvalue weighted by atomic mass is 16.5. The van der Waals surface area contributed by atoms with Crippen LogP contribution < -0.4 is 5.32 Å². The predicted octanol–water partition coefficient (Wildman–Crippen LogP) is 2.35. The number of aliphatic hydroxyl groups excluding tert-OH is 1. The van der Waals surface area contributed by atoms with Gasteiger partial charge in [0.1, 0.15) is 12.6 Å². The van der Waals surface area contributed by atoms with Gasteiger partial charge in [-0.2, -0.15) is 0 Å². The Balaban J connectivity index is 1.44. The zero-order valence-electron chi connectivity index (χ0n) is 17.6. The number of hydrogen-bond acceptors (Lipinski definition) is 5. The number of carbonyl (C=O) groups excluding carboxylic acids is 2. The molecular weight excluding hydrogens is 412 g/mol. The third-order valence-corrected chi connectivity index (χ3v) is 5.92. The quantitative estimate of drug-likeness (QED) is 0.554. The van der Waals surface area contributed by atoms with Crippen LogP contribution in [0, 0.1) is 0 Å². The lowest BCUT2D eigenvalue weighted by atomic mass is 9.98. The molecule has 2 aliphatic rings. The van der Waals surface area contributed by atoms with Crippen molar-refractivity contribution in [2.24, 2.45) is 0 Å². The Bertz CT molecular complexity index is 974. The number of rotatable bonds is 9. The molecule has 2 aromatic carbocycles. The minimum atomic E-state index is -1.25. The average Bonchev–Trinajstić information content (AvgIpc) is 3.57. The highest BCUT2D eigenvalue weighted by molar-refractivity contribution is 5.89. The first-order valence-corrected chi connectivity index (χ1v) is 10.7. The Morgan fingerprint density at radius 2 is 1.62 bits per heavy atom. The highest BCUT2D eigenvalue weighted by Crippen LogP contribution is 2.44. The Hall–Kier alpha value is -3.39. The fraction of sp³-hybridized carbons (Fsp3) is 0.375. The van der Waals surface area contributed by atoms with Crippen LogP contribution in [0.3, 0.4) is 0 Å². The zero-order chi connectivity index (χ0) is 22.7. The molecular formula is C24H26N2O6. The summed E-state index contributed by atoms with van der Waals surface area (Å²) in [5, 5.41) is 20.9. The van der Waals surface area contributed by atoms with Gasteiger partial charge < -0.3 is 25.2 Å². The molecule has 8 nitrogen and oxygen atoms in total. The van der Waals surface area contributed by atoms with E-state index in [1.807, 2.05) is 48.5 Å². The van der Waals surface area contributed by atoms with Gasteiger partial charge in [-0.3, -0.25) is 9.59 Å². The number of carboxylic acids is 1. The van der Waals surface area contributed by atoms with Crippen molar-refractivity contribution in [1.82, 2.24) is 10.2 Å². The lowest BCUT2D eigenvalue weighted by Crippen LogP contribution is -2.51. The van der Waals surface area contributed by atoms with Crippen molar-refractivity contribution in [2.45, 2.75) is 37.3 Å². The van der Waals surface area contributed by atoms with Crippen molar-refractivity contribution in [3.63, 3.8) is 0 Å². The number of ether oxygens (including phenoxy) is 1. The summed E-state index contributed by atoms with van der Waals surface area (Å²) in [5.41, 5.74) is 4.31. The third kappa shape index (κ3) is 4.60.